The molecule has 0 aliphatic heterocycles. The van der Waals surface area contributed by atoms with Gasteiger partial charge in [0.15, 0.2) is 11.5 Å². The van der Waals surface area contributed by atoms with E-state index in [4.69, 9.17) is 24.7 Å². The van der Waals surface area contributed by atoms with Crippen LogP contribution in [0.4, 0.5) is 10.5 Å². The predicted octanol–water partition coefficient (Wildman–Crippen LogP) is 4.67. The highest BCUT2D eigenvalue weighted by Gasteiger charge is 2.33. The summed E-state index contributed by atoms with van der Waals surface area (Å²) in [6, 6.07) is 11.3. The third-order valence-corrected chi connectivity index (χ3v) is 4.90. The summed E-state index contributed by atoms with van der Waals surface area (Å²) in [6.07, 6.45) is 0.475. The minimum Gasteiger partial charge on any atom is -0.495 e. The van der Waals surface area contributed by atoms with E-state index in [1.807, 2.05) is 6.92 Å². The van der Waals surface area contributed by atoms with Gasteiger partial charge in [0.05, 0.1) is 38.6 Å². The first-order valence-electron chi connectivity index (χ1n) is 11.4. The fourth-order valence-electron chi connectivity index (χ4n) is 3.36. The van der Waals surface area contributed by atoms with Gasteiger partial charge in [0.25, 0.3) is 5.91 Å². The molecule has 2 aromatic carbocycles. The van der Waals surface area contributed by atoms with Crippen molar-refractivity contribution in [2.45, 2.75) is 46.3 Å². The first-order chi connectivity index (χ1) is 17.0. The van der Waals surface area contributed by atoms with Crippen molar-refractivity contribution in [3.63, 3.8) is 0 Å². The van der Waals surface area contributed by atoms with Crippen LogP contribution in [-0.2, 0) is 9.53 Å². The molecule has 192 valence electrons. The Balaban J connectivity index is 2.73. The van der Waals surface area contributed by atoms with E-state index in [0.29, 0.717) is 34.8 Å². The van der Waals surface area contributed by atoms with Crippen molar-refractivity contribution in [1.82, 2.24) is 0 Å². The average molecular weight is 496 g/mol. The van der Waals surface area contributed by atoms with Crippen molar-refractivity contribution >= 4 is 23.3 Å². The van der Waals surface area contributed by atoms with Crippen LogP contribution in [0.2, 0.25) is 0 Å². The minimum absolute atomic E-state index is 0.133. The van der Waals surface area contributed by atoms with Crippen LogP contribution in [0.25, 0.3) is 5.57 Å². The van der Waals surface area contributed by atoms with Gasteiger partial charge in [-0.2, -0.15) is 5.26 Å². The molecule has 0 heterocycles. The highest BCUT2D eigenvalue weighted by Crippen LogP contribution is 2.37. The summed E-state index contributed by atoms with van der Waals surface area (Å²) in [5, 5.41) is 9.53. The molecule has 9 nitrogen and oxygen atoms in total. The smallest absolute Gasteiger partial charge is 0.421 e. The lowest BCUT2D eigenvalue weighted by molar-refractivity contribution is -0.119. The van der Waals surface area contributed by atoms with Gasteiger partial charge in [0.1, 0.15) is 11.4 Å². The van der Waals surface area contributed by atoms with Gasteiger partial charge in [-0.05, 0) is 75.6 Å². The number of methoxy groups -OCH3 is 2. The van der Waals surface area contributed by atoms with E-state index >= 15 is 0 Å². The van der Waals surface area contributed by atoms with E-state index in [-0.39, 0.29) is 11.4 Å². The number of amides is 2. The SMILES string of the molecule is CCOc1cc(/C(=C\C#N)c2ccc(OC)c(N(C(=O)OC(C)(C)C)C(=O)C(C)N)c2)ccc1OC. The van der Waals surface area contributed by atoms with Gasteiger partial charge in [-0.25, -0.2) is 9.69 Å². The molecule has 2 N–H and O–H groups in total. The Bertz CT molecular complexity index is 1180. The Hall–Kier alpha value is -4.03. The number of nitrogens with two attached hydrogens (primary N) is 1. The predicted molar refractivity (Wildman–Crippen MR) is 137 cm³/mol. The summed E-state index contributed by atoms with van der Waals surface area (Å²) in [6.45, 7) is 8.84. The van der Waals surface area contributed by atoms with E-state index in [9.17, 15) is 14.9 Å². The largest absolute Gasteiger partial charge is 0.495 e. The first-order valence-corrected chi connectivity index (χ1v) is 11.4. The van der Waals surface area contributed by atoms with Crippen LogP contribution in [-0.4, -0.2) is 44.5 Å². The second-order valence-electron chi connectivity index (χ2n) is 8.82. The number of imide groups is 1. The molecule has 2 amide bonds. The summed E-state index contributed by atoms with van der Waals surface area (Å²) in [5.74, 6) is 0.636. The van der Waals surface area contributed by atoms with E-state index < -0.39 is 23.6 Å². The van der Waals surface area contributed by atoms with Crippen LogP contribution < -0.4 is 24.8 Å². The number of nitrogens with zero attached hydrogens (tertiary/aromatic N) is 2. The van der Waals surface area contributed by atoms with Crippen molar-refractivity contribution in [3.05, 3.63) is 53.6 Å². The lowest BCUT2D eigenvalue weighted by Gasteiger charge is -2.28. The number of hydrogen-bond donors (Lipinski definition) is 1. The summed E-state index contributed by atoms with van der Waals surface area (Å²) >= 11 is 0. The number of carbonyl (C=O) groups excluding carboxylic acids is 2. The van der Waals surface area contributed by atoms with Crippen LogP contribution in [0.5, 0.6) is 17.2 Å². The molecular formula is C27H33N3O6. The standard InChI is InChI=1S/C27H33N3O6/c1-8-35-24-16-19(10-12-23(24)34-7)20(13-14-28)18-9-11-22(33-6)21(15-18)30(25(31)17(2)29)26(32)36-27(3,4)5/h9-13,15-17H,8,29H2,1-7H3/b20-13-. The summed E-state index contributed by atoms with van der Waals surface area (Å²) in [5.41, 5.74) is 6.87. The zero-order valence-electron chi connectivity index (χ0n) is 21.7. The molecule has 1 unspecified atom stereocenters. The van der Waals surface area contributed by atoms with Crippen molar-refractivity contribution in [1.29, 1.82) is 5.26 Å². The Kier molecular flexibility index (Phi) is 9.47. The zero-order chi connectivity index (χ0) is 27.0. The number of carbonyl (C=O) groups is 2. The van der Waals surface area contributed by atoms with Gasteiger partial charge >= 0.3 is 6.09 Å². The summed E-state index contributed by atoms with van der Waals surface area (Å²) in [4.78, 5) is 27.0. The zero-order valence-corrected chi connectivity index (χ0v) is 21.7. The normalized spacial score (nSPS) is 12.2. The molecule has 9 heteroatoms. The maximum absolute atomic E-state index is 13.1. The monoisotopic (exact) mass is 495 g/mol. The fraction of sp³-hybridized carbons (Fsp3) is 0.370. The molecule has 36 heavy (non-hydrogen) atoms. The van der Waals surface area contributed by atoms with Crippen molar-refractivity contribution in [2.24, 2.45) is 5.73 Å². The fourth-order valence-corrected chi connectivity index (χ4v) is 3.36. The molecule has 1 atom stereocenters. The highest BCUT2D eigenvalue weighted by atomic mass is 16.6. The molecule has 2 rings (SSSR count). The molecule has 0 spiro atoms. The Morgan fingerprint density at radius 2 is 1.64 bits per heavy atom. The van der Waals surface area contributed by atoms with Crippen LogP contribution in [0, 0.1) is 11.3 Å². The molecule has 2 aromatic rings. The van der Waals surface area contributed by atoms with Crippen LogP contribution in [0.3, 0.4) is 0 Å². The second kappa shape index (κ2) is 12.1. The first kappa shape index (κ1) is 28.2. The van der Waals surface area contributed by atoms with Crippen molar-refractivity contribution < 1.29 is 28.5 Å². The van der Waals surface area contributed by atoms with Gasteiger partial charge in [0, 0.05) is 6.08 Å². The van der Waals surface area contributed by atoms with Gasteiger partial charge in [-0.1, -0.05) is 12.1 Å². The Labute approximate surface area is 212 Å². The summed E-state index contributed by atoms with van der Waals surface area (Å²) in [7, 11) is 2.96. The maximum atomic E-state index is 13.1. The van der Waals surface area contributed by atoms with Crippen LogP contribution in [0.15, 0.2) is 42.5 Å². The Morgan fingerprint density at radius 3 is 2.14 bits per heavy atom. The van der Waals surface area contributed by atoms with E-state index in [1.165, 1.54) is 20.1 Å². The lowest BCUT2D eigenvalue weighted by atomic mass is 9.96. The third-order valence-electron chi connectivity index (χ3n) is 4.90. The summed E-state index contributed by atoms with van der Waals surface area (Å²) < 4.78 is 22.0. The third kappa shape index (κ3) is 6.77. The number of benzene rings is 2. The van der Waals surface area contributed by atoms with Crippen molar-refractivity contribution in [2.75, 3.05) is 25.7 Å². The quantitative estimate of drug-likeness (QED) is 0.524. The molecule has 0 saturated heterocycles. The topological polar surface area (TPSA) is 124 Å². The minimum atomic E-state index is -0.990. The maximum Gasteiger partial charge on any atom is 0.421 e. The highest BCUT2D eigenvalue weighted by molar-refractivity contribution is 6.15. The van der Waals surface area contributed by atoms with Crippen LogP contribution >= 0.6 is 0 Å². The molecule has 0 bridgehead atoms. The van der Waals surface area contributed by atoms with E-state index in [1.54, 1.807) is 64.3 Å². The Morgan fingerprint density at radius 1 is 1.06 bits per heavy atom. The van der Waals surface area contributed by atoms with Gasteiger partial charge < -0.3 is 24.7 Å². The lowest BCUT2D eigenvalue weighted by Crippen LogP contribution is -2.47. The number of ether oxygens (including phenoxy) is 4. The molecule has 0 fully saturated rings. The molecule has 0 aliphatic rings. The van der Waals surface area contributed by atoms with Gasteiger partial charge in [-0.3, -0.25) is 4.79 Å². The second-order valence-corrected chi connectivity index (χ2v) is 8.82. The number of anilines is 1. The van der Waals surface area contributed by atoms with E-state index in [0.717, 1.165) is 4.90 Å². The molecule has 0 aromatic heterocycles. The average Bonchev–Trinajstić information content (AvgIpc) is 2.81. The molecule has 0 radical (unpaired) electrons. The number of nitriles is 1. The van der Waals surface area contributed by atoms with E-state index in [2.05, 4.69) is 6.07 Å². The number of rotatable bonds is 8. The molecule has 0 aliphatic carbocycles. The number of allylic oxidation sites excluding steroid dienone is 1. The molecular weight excluding hydrogens is 462 g/mol. The van der Waals surface area contributed by atoms with Gasteiger partial charge in [-0.15, -0.1) is 0 Å². The van der Waals surface area contributed by atoms with Crippen molar-refractivity contribution in [3.8, 4) is 23.3 Å². The molecule has 0 saturated carbocycles. The number of hydrogen-bond acceptors (Lipinski definition) is 8. The van der Waals surface area contributed by atoms with Crippen LogP contribution in [0.1, 0.15) is 45.7 Å². The van der Waals surface area contributed by atoms with Gasteiger partial charge in [0.2, 0.25) is 0 Å².